The van der Waals surface area contributed by atoms with E-state index in [1.807, 2.05) is 0 Å². The second-order valence-corrected chi connectivity index (χ2v) is 18.0. The molecule has 0 rings (SSSR count). The maximum Gasteiger partial charge on any atom is 0.306 e. The number of nitrogens with zero attached hydrogens (tertiary/aromatic N) is 1. The van der Waals surface area contributed by atoms with E-state index < -0.39 is 18.1 Å². The van der Waals surface area contributed by atoms with Gasteiger partial charge in [-0.25, -0.2) is 0 Å². The molecule has 0 aliphatic carbocycles. The van der Waals surface area contributed by atoms with Crippen LogP contribution in [0.2, 0.25) is 0 Å². The van der Waals surface area contributed by atoms with Crippen molar-refractivity contribution < 1.29 is 38.2 Å². The summed E-state index contributed by atoms with van der Waals surface area (Å²) in [5.74, 6) is -1.75. The quantitative estimate of drug-likeness (QED) is 0.0260. The first-order valence-electron chi connectivity index (χ1n) is 25.0. The fourth-order valence-corrected chi connectivity index (χ4v) is 7.44. The van der Waals surface area contributed by atoms with Gasteiger partial charge in [-0.1, -0.05) is 198 Å². The number of unbranched alkanes of at least 4 members (excludes halogenated alkanes) is 25. The molecule has 0 aromatic rings. The maximum absolute atomic E-state index is 12.8. The maximum atomic E-state index is 12.8. The molecule has 0 amide bonds. The summed E-state index contributed by atoms with van der Waals surface area (Å²) in [6, 6.07) is -0.728. The van der Waals surface area contributed by atoms with Gasteiger partial charge in [0, 0.05) is 19.3 Å². The summed E-state index contributed by atoms with van der Waals surface area (Å²) in [7, 11) is 5.41. The van der Waals surface area contributed by atoms with Crippen LogP contribution in [-0.2, 0) is 28.6 Å². The monoisotopic (exact) mass is 846 g/mol. The van der Waals surface area contributed by atoms with Crippen molar-refractivity contribution in [2.45, 2.75) is 238 Å². The molecule has 0 saturated heterocycles. The zero-order chi connectivity index (χ0) is 44.2. The number of hydrogen-bond donors (Lipinski definition) is 0. The molecule has 0 spiro atoms. The fraction of sp³-hybridized carbons (Fsp3) is 0.827. The molecule has 8 heteroatoms. The molecule has 0 radical (unpaired) electrons. The van der Waals surface area contributed by atoms with Crippen molar-refractivity contribution in [1.29, 1.82) is 0 Å². The standard InChI is InChI=1S/C52H95NO7/c1-6-8-10-12-14-16-18-20-22-23-24-25-26-27-28-29-31-33-35-37-39-41-43-51(55)60-48(46-58-45-44-49(52(56)57)53(3,4)5)47-59-50(54)42-40-38-36-34-32-30-21-19-17-15-13-11-9-7-2/h9,11,15,17,21,30,48-49H,6-8,10,12-14,16,18-20,22-29,31-47H2,1-5H3/b11-9+,17-15+,30-21+. The van der Waals surface area contributed by atoms with Crippen molar-refractivity contribution >= 4 is 17.9 Å². The number of hydrogen-bond acceptors (Lipinski definition) is 7. The summed E-state index contributed by atoms with van der Waals surface area (Å²) in [5.41, 5.74) is 0. The second kappa shape index (κ2) is 43.2. The van der Waals surface area contributed by atoms with Crippen LogP contribution < -0.4 is 5.11 Å². The van der Waals surface area contributed by atoms with Gasteiger partial charge < -0.3 is 28.6 Å². The van der Waals surface area contributed by atoms with Crippen molar-refractivity contribution in [3.05, 3.63) is 36.5 Å². The van der Waals surface area contributed by atoms with Gasteiger partial charge in [0.15, 0.2) is 6.10 Å². The minimum absolute atomic E-state index is 0.0362. The van der Waals surface area contributed by atoms with Crippen LogP contribution in [0, 0.1) is 0 Å². The molecule has 60 heavy (non-hydrogen) atoms. The van der Waals surface area contributed by atoms with Crippen molar-refractivity contribution in [2.24, 2.45) is 0 Å². The minimum Gasteiger partial charge on any atom is -0.544 e. The lowest BCUT2D eigenvalue weighted by molar-refractivity contribution is -0.889. The molecule has 0 fully saturated rings. The van der Waals surface area contributed by atoms with Gasteiger partial charge in [0.25, 0.3) is 0 Å². The zero-order valence-electron chi connectivity index (χ0n) is 39.9. The number of ether oxygens (including phenoxy) is 3. The third-order valence-corrected chi connectivity index (χ3v) is 11.3. The summed E-state index contributed by atoms with van der Waals surface area (Å²) in [6.07, 6.45) is 50.4. The molecule has 0 aliphatic rings. The van der Waals surface area contributed by atoms with Gasteiger partial charge >= 0.3 is 11.9 Å². The van der Waals surface area contributed by atoms with Gasteiger partial charge in [-0.05, 0) is 44.9 Å². The second-order valence-electron chi connectivity index (χ2n) is 18.0. The van der Waals surface area contributed by atoms with Gasteiger partial charge in [0.2, 0.25) is 0 Å². The first-order valence-corrected chi connectivity index (χ1v) is 25.0. The Kier molecular flexibility index (Phi) is 41.4. The van der Waals surface area contributed by atoms with Gasteiger partial charge in [0.1, 0.15) is 12.6 Å². The Morgan fingerprint density at radius 1 is 0.517 bits per heavy atom. The van der Waals surface area contributed by atoms with E-state index in [0.29, 0.717) is 12.8 Å². The van der Waals surface area contributed by atoms with Gasteiger partial charge in [-0.3, -0.25) is 9.59 Å². The average Bonchev–Trinajstić information content (AvgIpc) is 3.21. The molecule has 350 valence electrons. The van der Waals surface area contributed by atoms with Gasteiger partial charge in [-0.15, -0.1) is 0 Å². The number of rotatable bonds is 45. The Morgan fingerprint density at radius 2 is 0.933 bits per heavy atom. The molecule has 0 aromatic carbocycles. The molecule has 0 aliphatic heterocycles. The van der Waals surface area contributed by atoms with Crippen LogP contribution in [0.15, 0.2) is 36.5 Å². The van der Waals surface area contributed by atoms with Gasteiger partial charge in [0.05, 0.1) is 40.3 Å². The molecule has 8 nitrogen and oxygen atoms in total. The number of carbonyl (C=O) groups is 3. The Hall–Kier alpha value is -2.45. The summed E-state index contributed by atoms with van der Waals surface area (Å²) in [5, 5.41) is 11.6. The van der Waals surface area contributed by atoms with Crippen LogP contribution in [-0.4, -0.2) is 75.5 Å². The van der Waals surface area contributed by atoms with E-state index in [-0.39, 0.29) is 42.7 Å². The zero-order valence-corrected chi connectivity index (χ0v) is 39.9. The number of quaternary nitrogens is 1. The molecular weight excluding hydrogens is 751 g/mol. The van der Waals surface area contributed by atoms with E-state index in [2.05, 4.69) is 50.3 Å². The Bertz CT molecular complexity index is 1080. The van der Waals surface area contributed by atoms with E-state index in [9.17, 15) is 19.5 Å². The van der Waals surface area contributed by atoms with Crippen molar-refractivity contribution in [3.63, 3.8) is 0 Å². The number of esters is 2. The highest BCUT2D eigenvalue weighted by Gasteiger charge is 2.25. The molecule has 2 atom stereocenters. The Balaban J connectivity index is 4.21. The van der Waals surface area contributed by atoms with Crippen LogP contribution in [0.3, 0.4) is 0 Å². The van der Waals surface area contributed by atoms with E-state index in [1.54, 1.807) is 21.1 Å². The molecule has 0 bridgehead atoms. The lowest BCUT2D eigenvalue weighted by atomic mass is 10.0. The predicted molar refractivity (Wildman–Crippen MR) is 250 cm³/mol. The van der Waals surface area contributed by atoms with Crippen molar-refractivity contribution in [3.8, 4) is 0 Å². The molecule has 0 N–H and O–H groups in total. The molecule has 2 unspecified atom stereocenters. The third kappa shape index (κ3) is 40.9. The van der Waals surface area contributed by atoms with Crippen LogP contribution >= 0.6 is 0 Å². The van der Waals surface area contributed by atoms with Crippen LogP contribution in [0.25, 0.3) is 0 Å². The van der Waals surface area contributed by atoms with E-state index in [4.69, 9.17) is 14.2 Å². The highest BCUT2D eigenvalue weighted by atomic mass is 16.6. The number of carboxylic acids is 1. The highest BCUT2D eigenvalue weighted by molar-refractivity contribution is 5.70. The molecule has 0 aromatic heterocycles. The van der Waals surface area contributed by atoms with Crippen molar-refractivity contribution in [1.82, 2.24) is 0 Å². The number of allylic oxidation sites excluding steroid dienone is 6. The topological polar surface area (TPSA) is 102 Å². The smallest absolute Gasteiger partial charge is 0.306 e. The normalized spacial score (nSPS) is 13.2. The Labute approximate surface area is 370 Å². The summed E-state index contributed by atoms with van der Waals surface area (Å²) in [4.78, 5) is 37.0. The van der Waals surface area contributed by atoms with Crippen molar-refractivity contribution in [2.75, 3.05) is 41.0 Å². The van der Waals surface area contributed by atoms with Crippen LogP contribution in [0.1, 0.15) is 226 Å². The largest absolute Gasteiger partial charge is 0.544 e. The number of carbonyl (C=O) groups excluding carboxylic acids is 3. The van der Waals surface area contributed by atoms with E-state index in [0.717, 1.165) is 70.6 Å². The lowest BCUT2D eigenvalue weighted by Crippen LogP contribution is -2.55. The summed E-state index contributed by atoms with van der Waals surface area (Å²) in [6.45, 7) is 4.55. The Morgan fingerprint density at radius 3 is 1.38 bits per heavy atom. The molecule has 0 saturated carbocycles. The average molecular weight is 846 g/mol. The summed E-state index contributed by atoms with van der Waals surface area (Å²) >= 11 is 0. The third-order valence-electron chi connectivity index (χ3n) is 11.3. The van der Waals surface area contributed by atoms with E-state index >= 15 is 0 Å². The minimum atomic E-state index is -1.13. The van der Waals surface area contributed by atoms with Gasteiger partial charge in [-0.2, -0.15) is 0 Å². The van der Waals surface area contributed by atoms with E-state index in [1.165, 1.54) is 122 Å². The molecular formula is C52H95NO7. The first kappa shape index (κ1) is 57.5. The lowest BCUT2D eigenvalue weighted by Gasteiger charge is -2.34. The first-order chi connectivity index (χ1) is 29.1. The van der Waals surface area contributed by atoms with Crippen LogP contribution in [0.4, 0.5) is 0 Å². The number of likely N-dealkylation sites (N-methyl/N-ethyl adjacent to an activating group) is 1. The van der Waals surface area contributed by atoms with Crippen LogP contribution in [0.5, 0.6) is 0 Å². The highest BCUT2D eigenvalue weighted by Crippen LogP contribution is 2.16. The molecule has 0 heterocycles. The SMILES string of the molecule is CC/C=C/C/C=C/C/C=C/CCCCCCC(=O)OCC(COCCC(C(=O)[O-])[N+](C)(C)C)OC(=O)CCCCCCCCCCCCCCCCCCCCCCCC. The predicted octanol–water partition coefficient (Wildman–Crippen LogP) is 12.9. The number of carboxylic acid groups (broad SMARTS) is 1. The summed E-state index contributed by atoms with van der Waals surface area (Å²) < 4.78 is 17.2. The fourth-order valence-electron chi connectivity index (χ4n) is 7.44. The number of aliphatic carboxylic acids is 1.